The van der Waals surface area contributed by atoms with Crippen molar-refractivity contribution >= 4 is 0 Å². The number of piperidine rings is 1. The molecule has 1 aromatic carbocycles. The smallest absolute Gasteiger partial charge is 0.0477 e. The summed E-state index contributed by atoms with van der Waals surface area (Å²) >= 11 is 0. The normalized spacial score (nSPS) is 21.9. The van der Waals surface area contributed by atoms with Gasteiger partial charge in [0.15, 0.2) is 0 Å². The van der Waals surface area contributed by atoms with E-state index < -0.39 is 0 Å². The van der Waals surface area contributed by atoms with Crippen molar-refractivity contribution in [3.05, 3.63) is 35.9 Å². The zero-order chi connectivity index (χ0) is 15.3. The quantitative estimate of drug-likeness (QED) is 0.842. The van der Waals surface area contributed by atoms with Crippen LogP contribution in [0.5, 0.6) is 0 Å². The first-order valence-corrected chi connectivity index (χ1v) is 8.60. The molecular formula is C19H32N2. The third kappa shape index (κ3) is 4.31. The highest BCUT2D eigenvalue weighted by molar-refractivity contribution is 5.21. The average Bonchev–Trinajstić information content (AvgIpc) is 2.49. The Morgan fingerprint density at radius 1 is 1.10 bits per heavy atom. The minimum Gasteiger partial charge on any atom is -0.309 e. The lowest BCUT2D eigenvalue weighted by Crippen LogP contribution is -2.49. The van der Waals surface area contributed by atoms with Crippen LogP contribution in [-0.2, 0) is 0 Å². The summed E-state index contributed by atoms with van der Waals surface area (Å²) in [6, 6.07) is 12.0. The molecule has 1 heterocycles. The molecule has 0 amide bonds. The Morgan fingerprint density at radius 2 is 1.71 bits per heavy atom. The summed E-state index contributed by atoms with van der Waals surface area (Å²) in [6.07, 6.45) is 3.83. The van der Waals surface area contributed by atoms with Crippen molar-refractivity contribution in [2.45, 2.75) is 59.0 Å². The predicted octanol–water partition coefficient (Wildman–Crippen LogP) is 4.24. The Balaban J connectivity index is 2.13. The van der Waals surface area contributed by atoms with Gasteiger partial charge in [0.25, 0.3) is 0 Å². The lowest BCUT2D eigenvalue weighted by molar-refractivity contribution is 0.0733. The fraction of sp³-hybridized carbons (Fsp3) is 0.684. The highest BCUT2D eigenvalue weighted by Gasteiger charge is 2.32. The number of hydrogen-bond donors (Lipinski definition) is 1. The lowest BCUT2D eigenvalue weighted by atomic mass is 9.81. The first-order chi connectivity index (χ1) is 10.1. The van der Waals surface area contributed by atoms with Crippen molar-refractivity contribution in [2.24, 2.45) is 5.41 Å². The monoisotopic (exact) mass is 288 g/mol. The van der Waals surface area contributed by atoms with E-state index in [0.29, 0.717) is 17.5 Å². The van der Waals surface area contributed by atoms with Gasteiger partial charge in [-0.25, -0.2) is 0 Å². The Hall–Kier alpha value is -0.860. The fourth-order valence-corrected chi connectivity index (χ4v) is 3.52. The average molecular weight is 288 g/mol. The third-order valence-corrected chi connectivity index (χ3v) is 5.01. The maximum absolute atomic E-state index is 3.73. The molecule has 2 atom stereocenters. The van der Waals surface area contributed by atoms with Gasteiger partial charge in [-0.15, -0.1) is 0 Å². The minimum atomic E-state index is 0.447. The van der Waals surface area contributed by atoms with E-state index >= 15 is 0 Å². The summed E-state index contributed by atoms with van der Waals surface area (Å²) in [4.78, 5) is 2.71. The van der Waals surface area contributed by atoms with E-state index in [1.165, 1.54) is 37.9 Å². The number of likely N-dealkylation sites (tertiary alicyclic amines) is 1. The van der Waals surface area contributed by atoms with Crippen LogP contribution in [0.4, 0.5) is 0 Å². The number of benzene rings is 1. The SMILES string of the molecule is CCNC(c1ccccc1)C(CC)N1CCC(C)(C)CC1. The molecule has 1 saturated heterocycles. The van der Waals surface area contributed by atoms with Gasteiger partial charge in [-0.2, -0.15) is 0 Å². The molecule has 118 valence electrons. The molecule has 1 aliphatic heterocycles. The second-order valence-corrected chi connectivity index (χ2v) is 7.12. The molecule has 21 heavy (non-hydrogen) atoms. The van der Waals surface area contributed by atoms with Crippen LogP contribution >= 0.6 is 0 Å². The molecule has 1 aromatic rings. The maximum atomic E-state index is 3.73. The number of hydrogen-bond acceptors (Lipinski definition) is 2. The van der Waals surface area contributed by atoms with Crippen LogP contribution in [0, 0.1) is 5.41 Å². The molecule has 2 heteroatoms. The van der Waals surface area contributed by atoms with Crippen molar-refractivity contribution in [3.63, 3.8) is 0 Å². The van der Waals surface area contributed by atoms with Crippen molar-refractivity contribution in [2.75, 3.05) is 19.6 Å². The predicted molar refractivity (Wildman–Crippen MR) is 91.5 cm³/mol. The lowest BCUT2D eigenvalue weighted by Gasteiger charge is -2.43. The molecule has 1 N–H and O–H groups in total. The second kappa shape index (κ2) is 7.42. The molecule has 0 spiro atoms. The standard InChI is InChI=1S/C19H32N2/c1-5-17(21-14-12-19(3,4)13-15-21)18(20-6-2)16-10-8-7-9-11-16/h7-11,17-18,20H,5-6,12-15H2,1-4H3. The van der Waals surface area contributed by atoms with Gasteiger partial charge in [-0.1, -0.05) is 58.0 Å². The Kier molecular flexibility index (Phi) is 5.83. The van der Waals surface area contributed by atoms with E-state index in [1.807, 2.05) is 0 Å². The molecule has 1 aliphatic rings. The van der Waals surface area contributed by atoms with Crippen molar-refractivity contribution in [1.29, 1.82) is 0 Å². The zero-order valence-corrected chi connectivity index (χ0v) is 14.2. The van der Waals surface area contributed by atoms with Crippen LogP contribution in [0.2, 0.25) is 0 Å². The molecule has 0 aliphatic carbocycles. The van der Waals surface area contributed by atoms with Gasteiger partial charge in [0, 0.05) is 12.1 Å². The van der Waals surface area contributed by atoms with Crippen molar-refractivity contribution in [3.8, 4) is 0 Å². The fourth-order valence-electron chi connectivity index (χ4n) is 3.52. The molecule has 2 unspecified atom stereocenters. The molecule has 0 saturated carbocycles. The first kappa shape index (κ1) is 16.5. The third-order valence-electron chi connectivity index (χ3n) is 5.01. The molecule has 1 fully saturated rings. The molecule has 0 radical (unpaired) electrons. The van der Waals surface area contributed by atoms with Gasteiger partial charge in [0.05, 0.1) is 0 Å². The summed E-state index contributed by atoms with van der Waals surface area (Å²) in [6.45, 7) is 12.9. The molecule has 2 rings (SSSR count). The molecule has 2 nitrogen and oxygen atoms in total. The molecule has 0 aromatic heterocycles. The van der Waals surface area contributed by atoms with Crippen LogP contribution < -0.4 is 5.32 Å². The Morgan fingerprint density at radius 3 is 2.24 bits per heavy atom. The van der Waals surface area contributed by atoms with Gasteiger partial charge >= 0.3 is 0 Å². The highest BCUT2D eigenvalue weighted by atomic mass is 15.2. The van der Waals surface area contributed by atoms with Crippen LogP contribution in [0.3, 0.4) is 0 Å². The van der Waals surface area contributed by atoms with E-state index in [2.05, 4.69) is 68.2 Å². The largest absolute Gasteiger partial charge is 0.309 e. The van der Waals surface area contributed by atoms with Crippen molar-refractivity contribution < 1.29 is 0 Å². The zero-order valence-electron chi connectivity index (χ0n) is 14.2. The Bertz CT molecular complexity index is 403. The second-order valence-electron chi connectivity index (χ2n) is 7.12. The van der Waals surface area contributed by atoms with Crippen LogP contribution in [-0.4, -0.2) is 30.6 Å². The van der Waals surface area contributed by atoms with E-state index in [4.69, 9.17) is 0 Å². The van der Waals surface area contributed by atoms with E-state index in [0.717, 1.165) is 6.54 Å². The van der Waals surface area contributed by atoms with Gasteiger partial charge in [-0.05, 0) is 49.9 Å². The number of nitrogens with zero attached hydrogens (tertiary/aromatic N) is 1. The maximum Gasteiger partial charge on any atom is 0.0477 e. The van der Waals surface area contributed by atoms with Gasteiger partial charge < -0.3 is 5.32 Å². The van der Waals surface area contributed by atoms with Gasteiger partial charge in [-0.3, -0.25) is 4.90 Å². The molecular weight excluding hydrogens is 256 g/mol. The van der Waals surface area contributed by atoms with E-state index in [-0.39, 0.29) is 0 Å². The van der Waals surface area contributed by atoms with Crippen LogP contribution in [0.15, 0.2) is 30.3 Å². The summed E-state index contributed by atoms with van der Waals surface area (Å²) < 4.78 is 0. The van der Waals surface area contributed by atoms with Gasteiger partial charge in [0.2, 0.25) is 0 Å². The van der Waals surface area contributed by atoms with E-state index in [1.54, 1.807) is 0 Å². The number of rotatable bonds is 6. The van der Waals surface area contributed by atoms with Crippen LogP contribution in [0.25, 0.3) is 0 Å². The van der Waals surface area contributed by atoms with Crippen molar-refractivity contribution in [1.82, 2.24) is 10.2 Å². The highest BCUT2D eigenvalue weighted by Crippen LogP contribution is 2.33. The first-order valence-electron chi connectivity index (χ1n) is 8.60. The Labute approximate surface area is 130 Å². The summed E-state index contributed by atoms with van der Waals surface area (Å²) in [7, 11) is 0. The van der Waals surface area contributed by atoms with Gasteiger partial charge in [0.1, 0.15) is 0 Å². The minimum absolute atomic E-state index is 0.447. The summed E-state index contributed by atoms with van der Waals surface area (Å²) in [5, 5.41) is 3.73. The topological polar surface area (TPSA) is 15.3 Å². The van der Waals surface area contributed by atoms with E-state index in [9.17, 15) is 0 Å². The summed E-state index contributed by atoms with van der Waals surface area (Å²) in [5.74, 6) is 0. The number of nitrogens with one attached hydrogen (secondary N) is 1. The molecule has 0 bridgehead atoms. The van der Waals surface area contributed by atoms with Crippen LogP contribution in [0.1, 0.15) is 58.6 Å². The summed E-state index contributed by atoms with van der Waals surface area (Å²) in [5.41, 5.74) is 1.95. The number of likely N-dealkylation sites (N-methyl/N-ethyl adjacent to an activating group) is 1.